The van der Waals surface area contributed by atoms with E-state index in [2.05, 4.69) is 43.2 Å². The molecule has 0 heterocycles. The zero-order valence-electron chi connectivity index (χ0n) is 65.4. The van der Waals surface area contributed by atoms with Gasteiger partial charge in [0.05, 0.1) is 116 Å². The van der Waals surface area contributed by atoms with E-state index in [-0.39, 0.29) is 95.4 Å². The maximum absolute atomic E-state index is 14.9. The van der Waals surface area contributed by atoms with Gasteiger partial charge in [-0.2, -0.15) is 0 Å². The largest absolute Gasteiger partial charge is 0.496 e. The van der Waals surface area contributed by atoms with Gasteiger partial charge in [0, 0.05) is 57.9 Å². The number of carbonyl (C=O) groups excluding carboxylic acids is 4. The molecule has 12 aromatic carbocycles. The molecule has 26 nitrogen and oxygen atoms in total. The van der Waals surface area contributed by atoms with Crippen LogP contribution in [0.1, 0.15) is 89.4 Å². The Morgan fingerprint density at radius 3 is 1.10 bits per heavy atom. The minimum absolute atomic E-state index is 0.0701. The van der Waals surface area contributed by atoms with Crippen LogP contribution in [-0.2, 0) is 45.8 Å². The van der Waals surface area contributed by atoms with E-state index in [0.29, 0.717) is 81.7 Å². The van der Waals surface area contributed by atoms with Crippen LogP contribution in [0.2, 0.25) is 0 Å². The summed E-state index contributed by atoms with van der Waals surface area (Å²) in [5, 5.41) is 14.6. The van der Waals surface area contributed by atoms with Crippen molar-refractivity contribution in [2.75, 3.05) is 113 Å². The third kappa shape index (κ3) is 21.2. The van der Waals surface area contributed by atoms with Crippen LogP contribution in [0.5, 0.6) is 57.5 Å². The second-order valence-electron chi connectivity index (χ2n) is 26.2. The van der Waals surface area contributed by atoms with Crippen molar-refractivity contribution in [3.05, 3.63) is 275 Å². The summed E-state index contributed by atoms with van der Waals surface area (Å²) < 4.78 is 59.1. The predicted molar refractivity (Wildman–Crippen MR) is 447 cm³/mol. The van der Waals surface area contributed by atoms with Crippen LogP contribution >= 0.6 is 0 Å². The molecule has 8 N–H and O–H groups in total. The van der Waals surface area contributed by atoms with Gasteiger partial charge in [-0.15, -0.1) is 0 Å². The quantitative estimate of drug-likeness (QED) is 0.0130. The summed E-state index contributed by atoms with van der Waals surface area (Å²) in [6.07, 6.45) is 2.79. The van der Waals surface area contributed by atoms with Crippen molar-refractivity contribution in [1.29, 1.82) is 0 Å². The highest BCUT2D eigenvalue weighted by atomic mass is 16.7. The lowest BCUT2D eigenvalue weighted by Crippen LogP contribution is -2.17. The summed E-state index contributed by atoms with van der Waals surface area (Å²) in [5.41, 5.74) is 20.2. The van der Waals surface area contributed by atoms with Crippen LogP contribution < -0.4 is 90.6 Å². The van der Waals surface area contributed by atoms with E-state index in [1.807, 2.05) is 115 Å². The lowest BCUT2D eigenvalue weighted by Gasteiger charge is -2.18. The maximum atomic E-state index is 14.9. The van der Waals surface area contributed by atoms with Crippen molar-refractivity contribution in [2.24, 2.45) is 0 Å². The van der Waals surface area contributed by atoms with Gasteiger partial charge in [0.15, 0.2) is 0 Å². The minimum atomic E-state index is -0.589. The number of anilines is 8. The standard InChI is InChI=1S/C90H90N8O18/c1-103-77-51-75(83(107-5)45-64(77)55-114-95-68-29-19-13-20-30-68)97-113-53-57-33-34-58-43-79(63(41-61(58)39-57)54-116-98-76-52-78(104-2)65(46-84(76)108-6)56-115-96-69-31-21-14-22-32-69)111-37-23-9-10-24-38-112-82-44-59-35-36-60(87(99)93-73-49-80(105-3)71(47-85(73)109-7)88(100)91-66-25-15-11-16-26-66)40-62(59)42-70(82)90(102)94-74-50-81(106-4)72(48-86(74)110-8)89(101)92-67-27-17-12-18-28-67/h11-22,25-36,39-52,95-98H,9-10,23-24,37-38,53-56H2,1-8H3,(H,91,100)(H,92,101)(H,93,99)(H,94,102). The number of amides is 4. The first-order valence-corrected chi connectivity index (χ1v) is 37.1. The highest BCUT2D eigenvalue weighted by molar-refractivity contribution is 6.13. The first kappa shape index (κ1) is 81.6. The molecule has 0 spiro atoms. The molecule has 0 aliphatic carbocycles. The number of methoxy groups -OCH3 is 8. The molecule has 0 radical (unpaired) electrons. The summed E-state index contributed by atoms with van der Waals surface area (Å²) in [7, 11) is 12.0. The van der Waals surface area contributed by atoms with Gasteiger partial charge in [0.1, 0.15) is 88.7 Å². The topological polar surface area (TPSA) is 294 Å². The van der Waals surface area contributed by atoms with Crippen molar-refractivity contribution in [2.45, 2.75) is 52.1 Å². The van der Waals surface area contributed by atoms with E-state index in [1.54, 1.807) is 119 Å². The first-order chi connectivity index (χ1) is 56.7. The number of benzene rings is 12. The molecule has 0 aliphatic heterocycles. The van der Waals surface area contributed by atoms with E-state index in [4.69, 9.17) is 66.7 Å². The zero-order valence-corrected chi connectivity index (χ0v) is 65.4. The summed E-state index contributed by atoms with van der Waals surface area (Å²) >= 11 is 0. The molecule has 12 rings (SSSR count). The Hall–Kier alpha value is -13.9. The second-order valence-corrected chi connectivity index (χ2v) is 26.2. The van der Waals surface area contributed by atoms with Crippen LogP contribution in [0, 0.1) is 0 Å². The van der Waals surface area contributed by atoms with Gasteiger partial charge in [-0.1, -0.05) is 91.0 Å². The molecule has 0 aromatic heterocycles. The molecule has 0 aliphatic rings. The fraction of sp³-hybridized carbons (Fsp3) is 0.200. The smallest absolute Gasteiger partial charge is 0.259 e. The second kappa shape index (κ2) is 40.5. The van der Waals surface area contributed by atoms with E-state index < -0.39 is 23.6 Å². The molecule has 0 fully saturated rings. The number of carbonyl (C=O) groups is 4. The van der Waals surface area contributed by atoms with E-state index in [9.17, 15) is 19.2 Å². The van der Waals surface area contributed by atoms with Crippen molar-refractivity contribution < 1.29 is 85.9 Å². The van der Waals surface area contributed by atoms with E-state index in [1.165, 1.54) is 52.7 Å². The Morgan fingerprint density at radius 1 is 0.259 bits per heavy atom. The average molecular weight is 1570 g/mol. The molecular weight excluding hydrogens is 1480 g/mol. The van der Waals surface area contributed by atoms with Crippen molar-refractivity contribution in [3.8, 4) is 57.5 Å². The Morgan fingerprint density at radius 2 is 0.629 bits per heavy atom. The maximum Gasteiger partial charge on any atom is 0.259 e. The highest BCUT2D eigenvalue weighted by Gasteiger charge is 2.25. The van der Waals surface area contributed by atoms with Crippen LogP contribution in [0.25, 0.3) is 21.5 Å². The number of ether oxygens (including phenoxy) is 10. The molecule has 598 valence electrons. The van der Waals surface area contributed by atoms with Crippen LogP contribution in [0.15, 0.2) is 231 Å². The number of unbranched alkanes of at least 4 members (excludes halogenated alkanes) is 3. The molecule has 0 saturated carbocycles. The van der Waals surface area contributed by atoms with Crippen LogP contribution in [0.3, 0.4) is 0 Å². The molecule has 12 aromatic rings. The van der Waals surface area contributed by atoms with Gasteiger partial charge in [-0.05, 0) is 168 Å². The Balaban J connectivity index is 0.734. The van der Waals surface area contributed by atoms with Gasteiger partial charge in [0.25, 0.3) is 23.6 Å². The van der Waals surface area contributed by atoms with Crippen LogP contribution in [0.4, 0.5) is 45.5 Å². The predicted octanol–water partition coefficient (Wildman–Crippen LogP) is 18.3. The van der Waals surface area contributed by atoms with E-state index >= 15 is 0 Å². The molecule has 0 saturated heterocycles. The molecule has 4 amide bonds. The number of hydrogen-bond donors (Lipinski definition) is 8. The lowest BCUT2D eigenvalue weighted by atomic mass is 10.0. The van der Waals surface area contributed by atoms with Crippen molar-refractivity contribution in [3.63, 3.8) is 0 Å². The monoisotopic (exact) mass is 1570 g/mol. The number of fused-ring (bicyclic) bond motifs is 2. The third-order valence-corrected chi connectivity index (χ3v) is 18.6. The van der Waals surface area contributed by atoms with Crippen molar-refractivity contribution >= 4 is 90.7 Å². The Labute approximate surface area is 671 Å². The molecule has 0 bridgehead atoms. The minimum Gasteiger partial charge on any atom is -0.496 e. The summed E-state index contributed by atoms with van der Waals surface area (Å²) in [6.45, 7) is 1.22. The van der Waals surface area contributed by atoms with Gasteiger partial charge >= 0.3 is 0 Å². The van der Waals surface area contributed by atoms with Gasteiger partial charge < -0.3 is 68.6 Å². The van der Waals surface area contributed by atoms with Gasteiger partial charge in [0.2, 0.25) is 0 Å². The molecule has 0 atom stereocenters. The lowest BCUT2D eigenvalue weighted by molar-refractivity contribution is 0.101. The number of para-hydroxylation sites is 4. The molecule has 0 unspecified atom stereocenters. The first-order valence-electron chi connectivity index (χ1n) is 37.1. The fourth-order valence-electron chi connectivity index (χ4n) is 12.6. The van der Waals surface area contributed by atoms with Gasteiger partial charge in [-0.3, -0.25) is 60.4 Å². The summed E-state index contributed by atoms with van der Waals surface area (Å²) in [6, 6.07) is 68.8. The Kier molecular flexibility index (Phi) is 28.5. The molecular formula is C90H90N8O18. The highest BCUT2D eigenvalue weighted by Crippen LogP contribution is 2.40. The number of nitrogens with one attached hydrogen (secondary N) is 8. The van der Waals surface area contributed by atoms with Crippen LogP contribution in [-0.4, -0.2) is 93.7 Å². The SMILES string of the molecule is COc1cc(NOCc2ccc3cc(OCCCCCCOc4cc5ccc(C(=O)Nc6cc(OC)c(C(=O)Nc7ccccc7)cc6OC)cc5cc4C(=O)Nc4cc(OC)c(C(=O)Nc5ccccc5)cc4OC)c(CONc4cc(OC)c(CONc5ccccc5)cc4OC)cc3c2)c(OC)cc1CONc1ccccc1. The molecule has 26 heteroatoms. The van der Waals surface area contributed by atoms with Gasteiger partial charge in [-0.25, -0.2) is 0 Å². The van der Waals surface area contributed by atoms with E-state index in [0.717, 1.165) is 57.2 Å². The van der Waals surface area contributed by atoms with Crippen molar-refractivity contribution in [1.82, 2.24) is 0 Å². The number of rotatable bonds is 41. The normalized spacial score (nSPS) is 10.9. The average Bonchev–Trinajstić information content (AvgIpc) is 0.785. The third-order valence-electron chi connectivity index (χ3n) is 18.6. The summed E-state index contributed by atoms with van der Waals surface area (Å²) in [4.78, 5) is 80.3. The zero-order chi connectivity index (χ0) is 81.1. The number of hydrogen-bond acceptors (Lipinski definition) is 22. The summed E-state index contributed by atoms with van der Waals surface area (Å²) in [5.74, 6) is 1.74. The fourth-order valence-corrected chi connectivity index (χ4v) is 12.6. The Bertz CT molecular complexity index is 5380. The molecule has 116 heavy (non-hydrogen) atoms.